The lowest BCUT2D eigenvalue weighted by molar-refractivity contribution is -0.247. The standard InChI is InChI=1S/C33H51NO6/c1-19-15-21(17-35)39-27-26(19)30(5)11-12-33-18-32(33)10-9-24(40-25-16-34(20(2)36)13-14-38-25)29(3,4)22(32)7-8-23(33)31(30,6)28(27)37/h17,19,21-28,37H,7-16,18H2,1-6H3/t19-,21?,22+,23?,24?,25?,26?,27?,28+,30?,31?,32?,33?/m1/s1. The van der Waals surface area contributed by atoms with E-state index in [-0.39, 0.29) is 46.8 Å². The highest BCUT2D eigenvalue weighted by molar-refractivity contribution is 5.73. The Bertz CT molecular complexity index is 1080. The summed E-state index contributed by atoms with van der Waals surface area (Å²) >= 11 is 0. The normalized spacial score (nSPS) is 56.2. The molecule has 1 amide bonds. The molecule has 2 saturated heterocycles. The lowest BCUT2D eigenvalue weighted by Gasteiger charge is -2.63. The predicted molar refractivity (Wildman–Crippen MR) is 149 cm³/mol. The minimum atomic E-state index is -0.524. The van der Waals surface area contributed by atoms with E-state index in [0.29, 0.717) is 54.2 Å². The van der Waals surface area contributed by atoms with Gasteiger partial charge in [0.05, 0.1) is 31.5 Å². The van der Waals surface area contributed by atoms with Gasteiger partial charge >= 0.3 is 0 Å². The fourth-order valence-corrected chi connectivity index (χ4v) is 12.8. The molecule has 7 fully saturated rings. The van der Waals surface area contributed by atoms with E-state index in [9.17, 15) is 14.7 Å². The number of hydrogen-bond acceptors (Lipinski definition) is 6. The first-order valence-electron chi connectivity index (χ1n) is 16.2. The van der Waals surface area contributed by atoms with Gasteiger partial charge in [0.2, 0.25) is 5.91 Å². The van der Waals surface area contributed by atoms with Crippen molar-refractivity contribution in [1.29, 1.82) is 0 Å². The number of carbonyl (C=O) groups excluding carboxylic acids is 2. The molecule has 5 saturated carbocycles. The molecular formula is C33H51NO6. The Morgan fingerprint density at radius 2 is 1.77 bits per heavy atom. The van der Waals surface area contributed by atoms with Crippen LogP contribution in [0.4, 0.5) is 0 Å². The van der Waals surface area contributed by atoms with E-state index in [1.807, 2.05) is 4.90 Å². The highest BCUT2D eigenvalue weighted by atomic mass is 16.7. The number of carbonyl (C=O) groups is 2. The molecule has 7 rings (SSSR count). The van der Waals surface area contributed by atoms with Gasteiger partial charge in [0.25, 0.3) is 0 Å². The summed E-state index contributed by atoms with van der Waals surface area (Å²) in [6.45, 7) is 15.3. The van der Waals surface area contributed by atoms with Crippen LogP contribution in [0.1, 0.15) is 92.9 Å². The zero-order valence-electron chi connectivity index (χ0n) is 25.5. The molecule has 1 N–H and O–H groups in total. The summed E-state index contributed by atoms with van der Waals surface area (Å²) < 4.78 is 19.0. The van der Waals surface area contributed by atoms with E-state index >= 15 is 0 Å². The quantitative estimate of drug-likeness (QED) is 0.511. The second-order valence-electron chi connectivity index (χ2n) is 16.1. The number of amides is 1. The molecule has 0 aromatic heterocycles. The first-order valence-corrected chi connectivity index (χ1v) is 16.2. The molecule has 40 heavy (non-hydrogen) atoms. The number of nitrogens with zero attached hydrogens (tertiary/aromatic N) is 1. The third-order valence-corrected chi connectivity index (χ3v) is 14.7. The zero-order valence-corrected chi connectivity index (χ0v) is 25.5. The highest BCUT2D eigenvalue weighted by Crippen LogP contribution is 2.89. The number of morpholine rings is 1. The Kier molecular flexibility index (Phi) is 6.09. The summed E-state index contributed by atoms with van der Waals surface area (Å²) in [6, 6.07) is 0. The minimum absolute atomic E-state index is 0.0212. The van der Waals surface area contributed by atoms with Crippen molar-refractivity contribution >= 4 is 12.2 Å². The van der Waals surface area contributed by atoms with Gasteiger partial charge in [0.15, 0.2) is 6.29 Å². The van der Waals surface area contributed by atoms with Crippen molar-refractivity contribution < 1.29 is 28.9 Å². The number of aliphatic hydroxyl groups excluding tert-OH is 1. The number of aliphatic hydroxyl groups is 1. The topological polar surface area (TPSA) is 85.3 Å². The number of ether oxygens (including phenoxy) is 3. The van der Waals surface area contributed by atoms with E-state index in [1.165, 1.54) is 25.7 Å². The van der Waals surface area contributed by atoms with Crippen molar-refractivity contribution in [2.45, 2.75) is 124 Å². The first-order chi connectivity index (χ1) is 18.9. The fourth-order valence-electron chi connectivity index (χ4n) is 12.8. The Morgan fingerprint density at radius 1 is 1.05 bits per heavy atom. The summed E-state index contributed by atoms with van der Waals surface area (Å²) in [5.74, 6) is 1.84. The van der Waals surface area contributed by atoms with Gasteiger partial charge in [-0.3, -0.25) is 4.79 Å². The van der Waals surface area contributed by atoms with Gasteiger partial charge < -0.3 is 29.0 Å². The van der Waals surface area contributed by atoms with Crippen LogP contribution in [0, 0.1) is 50.7 Å². The SMILES string of the molecule is CC(=O)N1CCOC(OC2CCC34CC35CCC3(C)C6C(OC(C=O)C[C@H]6C)[C@H](O)C3(C)C5CC[C@H]4C2(C)C)C1. The molecule has 10 unspecified atom stereocenters. The van der Waals surface area contributed by atoms with E-state index in [1.54, 1.807) is 6.92 Å². The maximum Gasteiger partial charge on any atom is 0.219 e. The summed E-state index contributed by atoms with van der Waals surface area (Å²) in [7, 11) is 0. The largest absolute Gasteiger partial charge is 0.390 e. The van der Waals surface area contributed by atoms with Crippen molar-refractivity contribution in [3.8, 4) is 0 Å². The van der Waals surface area contributed by atoms with Gasteiger partial charge in [-0.15, -0.1) is 0 Å². The van der Waals surface area contributed by atoms with Crippen LogP contribution in [-0.2, 0) is 23.8 Å². The lowest BCUT2D eigenvalue weighted by Crippen LogP contribution is -2.60. The zero-order chi connectivity index (χ0) is 28.5. The molecule has 2 aliphatic heterocycles. The highest BCUT2D eigenvalue weighted by Gasteiger charge is 2.84. The van der Waals surface area contributed by atoms with E-state index in [4.69, 9.17) is 14.2 Å². The first kappa shape index (κ1) is 27.8. The Labute approximate surface area is 240 Å². The number of fused-ring (bicyclic) bond motifs is 4. The Balaban J connectivity index is 1.15. The van der Waals surface area contributed by atoms with Crippen molar-refractivity contribution in [1.82, 2.24) is 4.90 Å². The summed E-state index contributed by atoms with van der Waals surface area (Å²) in [5, 5.41) is 12.1. The van der Waals surface area contributed by atoms with Crippen LogP contribution in [0.2, 0.25) is 0 Å². The second-order valence-corrected chi connectivity index (χ2v) is 16.1. The Hall–Kier alpha value is -1.02. The smallest absolute Gasteiger partial charge is 0.219 e. The second kappa shape index (κ2) is 8.76. The molecule has 13 atom stereocenters. The van der Waals surface area contributed by atoms with Crippen LogP contribution in [0.25, 0.3) is 0 Å². The van der Waals surface area contributed by atoms with Gasteiger partial charge in [0, 0.05) is 18.9 Å². The van der Waals surface area contributed by atoms with E-state index < -0.39 is 6.10 Å². The molecular weight excluding hydrogens is 506 g/mol. The molecule has 0 bridgehead atoms. The van der Waals surface area contributed by atoms with E-state index in [0.717, 1.165) is 32.0 Å². The molecule has 224 valence electrons. The third kappa shape index (κ3) is 3.27. The molecule has 7 heteroatoms. The predicted octanol–water partition coefficient (Wildman–Crippen LogP) is 4.59. The van der Waals surface area contributed by atoms with Gasteiger partial charge in [0.1, 0.15) is 12.4 Å². The molecule has 0 aromatic carbocycles. The third-order valence-electron chi connectivity index (χ3n) is 14.7. The molecule has 7 aliphatic rings. The molecule has 0 aromatic rings. The average molecular weight is 558 g/mol. The van der Waals surface area contributed by atoms with Crippen LogP contribution >= 0.6 is 0 Å². The number of aldehydes is 1. The minimum Gasteiger partial charge on any atom is -0.390 e. The lowest BCUT2D eigenvalue weighted by atomic mass is 9.41. The van der Waals surface area contributed by atoms with Crippen molar-refractivity contribution in [3.63, 3.8) is 0 Å². The molecule has 2 heterocycles. The summed E-state index contributed by atoms with van der Waals surface area (Å²) in [6.07, 6.45) is 8.56. The van der Waals surface area contributed by atoms with Gasteiger partial charge in [-0.05, 0) is 96.7 Å². The summed E-state index contributed by atoms with van der Waals surface area (Å²) in [5.41, 5.74) is 0.459. The van der Waals surface area contributed by atoms with Gasteiger partial charge in [-0.1, -0.05) is 34.6 Å². The number of rotatable bonds is 3. The van der Waals surface area contributed by atoms with Crippen LogP contribution < -0.4 is 0 Å². The van der Waals surface area contributed by atoms with Crippen LogP contribution in [-0.4, -0.2) is 72.6 Å². The maximum atomic E-state index is 12.1. The monoisotopic (exact) mass is 557 g/mol. The van der Waals surface area contributed by atoms with Crippen molar-refractivity contribution in [3.05, 3.63) is 0 Å². The van der Waals surface area contributed by atoms with Crippen molar-refractivity contribution in [2.75, 3.05) is 19.7 Å². The molecule has 7 nitrogen and oxygen atoms in total. The molecule has 0 radical (unpaired) electrons. The maximum absolute atomic E-state index is 12.1. The molecule has 5 aliphatic carbocycles. The van der Waals surface area contributed by atoms with E-state index in [2.05, 4.69) is 34.6 Å². The number of hydrogen-bond donors (Lipinski definition) is 1. The summed E-state index contributed by atoms with van der Waals surface area (Å²) in [4.78, 5) is 25.6. The fraction of sp³-hybridized carbons (Fsp3) is 0.939. The Morgan fingerprint density at radius 3 is 2.50 bits per heavy atom. The van der Waals surface area contributed by atoms with Gasteiger partial charge in [-0.2, -0.15) is 0 Å². The average Bonchev–Trinajstić information content (AvgIpc) is 3.55. The van der Waals surface area contributed by atoms with Crippen LogP contribution in [0.15, 0.2) is 0 Å². The van der Waals surface area contributed by atoms with Crippen molar-refractivity contribution in [2.24, 2.45) is 50.7 Å². The van der Waals surface area contributed by atoms with Crippen LogP contribution in [0.3, 0.4) is 0 Å². The van der Waals surface area contributed by atoms with Crippen LogP contribution in [0.5, 0.6) is 0 Å². The van der Waals surface area contributed by atoms with Gasteiger partial charge in [-0.25, -0.2) is 0 Å². The molecule has 2 spiro atoms.